The van der Waals surface area contributed by atoms with E-state index in [1.54, 1.807) is 18.2 Å². The van der Waals surface area contributed by atoms with Crippen LogP contribution in [0.2, 0.25) is 5.02 Å². The number of ether oxygens (including phenoxy) is 1. The maximum absolute atomic E-state index is 12.3. The first kappa shape index (κ1) is 19.2. The predicted molar refractivity (Wildman–Crippen MR) is 99.8 cm³/mol. The van der Waals surface area contributed by atoms with Gasteiger partial charge in [0.15, 0.2) is 18.7 Å². The highest BCUT2D eigenvalue weighted by Gasteiger charge is 2.19. The average Bonchev–Trinajstić information content (AvgIpc) is 3.16. The van der Waals surface area contributed by atoms with Crippen molar-refractivity contribution in [1.82, 2.24) is 5.32 Å². The Morgan fingerprint density at radius 2 is 1.96 bits per heavy atom. The lowest BCUT2D eigenvalue weighted by Gasteiger charge is -2.22. The van der Waals surface area contributed by atoms with Crippen molar-refractivity contribution < 1.29 is 23.5 Å². The number of esters is 1. The predicted octanol–water partition coefficient (Wildman–Crippen LogP) is 4.02. The van der Waals surface area contributed by atoms with Crippen molar-refractivity contribution in [3.8, 4) is 11.3 Å². The van der Waals surface area contributed by atoms with Crippen LogP contribution in [0.4, 0.5) is 0 Å². The minimum absolute atomic E-state index is 0.128. The number of rotatable bonds is 6. The Hall–Kier alpha value is -2.60. The lowest BCUT2D eigenvalue weighted by atomic mass is 9.95. The van der Waals surface area contributed by atoms with Gasteiger partial charge in [-0.1, -0.05) is 30.9 Å². The quantitative estimate of drug-likeness (QED) is 0.595. The molecule has 7 heteroatoms. The molecule has 0 spiro atoms. The zero-order valence-electron chi connectivity index (χ0n) is 14.7. The van der Waals surface area contributed by atoms with Gasteiger partial charge >= 0.3 is 5.97 Å². The Labute approximate surface area is 161 Å². The van der Waals surface area contributed by atoms with Crippen LogP contribution in [-0.4, -0.2) is 30.8 Å². The Morgan fingerprint density at radius 3 is 2.67 bits per heavy atom. The van der Waals surface area contributed by atoms with Crippen molar-refractivity contribution in [1.29, 1.82) is 0 Å². The van der Waals surface area contributed by atoms with E-state index >= 15 is 0 Å². The standard InChI is InChI=1S/C20H20ClNO5/c21-17-8-6-13(18-9-7-15(11-23)27-18)10-16(17)20(25)26-12-19(24)22-14-4-2-1-3-5-14/h6-11,14H,1-5,12H2,(H,22,24). The minimum Gasteiger partial charge on any atom is -0.453 e. The van der Waals surface area contributed by atoms with E-state index in [4.69, 9.17) is 20.8 Å². The SMILES string of the molecule is O=Cc1ccc(-c2ccc(Cl)c(C(=O)OCC(=O)NC3CCCCC3)c2)o1. The zero-order chi connectivity index (χ0) is 19.2. The second-order valence-electron chi connectivity index (χ2n) is 6.49. The third-order valence-electron chi connectivity index (χ3n) is 4.52. The molecule has 1 amide bonds. The van der Waals surface area contributed by atoms with Gasteiger partial charge in [-0.3, -0.25) is 9.59 Å². The zero-order valence-corrected chi connectivity index (χ0v) is 15.5. The molecule has 0 aliphatic heterocycles. The number of aldehydes is 1. The number of benzene rings is 1. The number of halogens is 1. The van der Waals surface area contributed by atoms with Crippen LogP contribution in [0.25, 0.3) is 11.3 Å². The molecule has 0 radical (unpaired) electrons. The van der Waals surface area contributed by atoms with E-state index in [2.05, 4.69) is 5.32 Å². The lowest BCUT2D eigenvalue weighted by molar-refractivity contribution is -0.125. The first-order valence-corrected chi connectivity index (χ1v) is 9.26. The molecule has 1 aromatic heterocycles. The van der Waals surface area contributed by atoms with E-state index < -0.39 is 5.97 Å². The van der Waals surface area contributed by atoms with E-state index in [0.717, 1.165) is 25.7 Å². The Bertz CT molecular complexity index is 839. The van der Waals surface area contributed by atoms with Gasteiger partial charge in [-0.25, -0.2) is 4.79 Å². The first-order valence-electron chi connectivity index (χ1n) is 8.88. The summed E-state index contributed by atoms with van der Waals surface area (Å²) < 4.78 is 10.5. The molecule has 2 aromatic rings. The van der Waals surface area contributed by atoms with E-state index in [9.17, 15) is 14.4 Å². The van der Waals surface area contributed by atoms with Gasteiger partial charge < -0.3 is 14.5 Å². The lowest BCUT2D eigenvalue weighted by Crippen LogP contribution is -2.38. The molecule has 1 aliphatic carbocycles. The van der Waals surface area contributed by atoms with Crippen LogP contribution in [0.1, 0.15) is 53.0 Å². The fourth-order valence-electron chi connectivity index (χ4n) is 3.13. The minimum atomic E-state index is -0.692. The van der Waals surface area contributed by atoms with Crippen LogP contribution in [0.5, 0.6) is 0 Å². The van der Waals surface area contributed by atoms with Gasteiger partial charge in [0.25, 0.3) is 5.91 Å². The Morgan fingerprint density at radius 1 is 1.19 bits per heavy atom. The molecule has 1 fully saturated rings. The Balaban J connectivity index is 1.62. The summed E-state index contributed by atoms with van der Waals surface area (Å²) in [6.45, 7) is -0.355. The Kier molecular flexibility index (Phi) is 6.29. The molecular weight excluding hydrogens is 370 g/mol. The first-order chi connectivity index (χ1) is 13.1. The third kappa shape index (κ3) is 4.98. The maximum atomic E-state index is 12.3. The van der Waals surface area contributed by atoms with Crippen molar-refractivity contribution in [2.24, 2.45) is 0 Å². The number of hydrogen-bond donors (Lipinski definition) is 1. The summed E-state index contributed by atoms with van der Waals surface area (Å²) in [6, 6.07) is 8.03. The van der Waals surface area contributed by atoms with Crippen LogP contribution < -0.4 is 5.32 Å². The molecule has 1 heterocycles. The topological polar surface area (TPSA) is 85.6 Å². The summed E-state index contributed by atoms with van der Waals surface area (Å²) in [5, 5.41) is 3.10. The largest absolute Gasteiger partial charge is 0.453 e. The van der Waals surface area contributed by atoms with Crippen LogP contribution >= 0.6 is 11.6 Å². The van der Waals surface area contributed by atoms with E-state index in [1.165, 1.54) is 18.6 Å². The monoisotopic (exact) mass is 389 g/mol. The van der Waals surface area contributed by atoms with E-state index in [-0.39, 0.29) is 34.9 Å². The molecule has 1 N–H and O–H groups in total. The van der Waals surface area contributed by atoms with Gasteiger partial charge in [0, 0.05) is 11.6 Å². The average molecular weight is 390 g/mol. The number of hydrogen-bond acceptors (Lipinski definition) is 5. The summed E-state index contributed by atoms with van der Waals surface area (Å²) in [6.07, 6.45) is 5.91. The van der Waals surface area contributed by atoms with Crippen LogP contribution in [0, 0.1) is 0 Å². The van der Waals surface area contributed by atoms with Gasteiger partial charge in [0.05, 0.1) is 10.6 Å². The fourth-order valence-corrected chi connectivity index (χ4v) is 3.33. The van der Waals surface area contributed by atoms with Crippen molar-refractivity contribution in [2.45, 2.75) is 38.1 Å². The molecule has 1 saturated carbocycles. The van der Waals surface area contributed by atoms with Crippen LogP contribution in [-0.2, 0) is 9.53 Å². The number of amides is 1. The molecule has 0 unspecified atom stereocenters. The fraction of sp³-hybridized carbons (Fsp3) is 0.350. The smallest absolute Gasteiger partial charge is 0.340 e. The second kappa shape index (κ2) is 8.86. The number of carbonyl (C=O) groups is 3. The molecule has 1 aromatic carbocycles. The summed E-state index contributed by atoms with van der Waals surface area (Å²) in [7, 11) is 0. The van der Waals surface area contributed by atoms with Crippen molar-refractivity contribution in [3.05, 3.63) is 46.7 Å². The van der Waals surface area contributed by atoms with Crippen LogP contribution in [0.15, 0.2) is 34.7 Å². The molecule has 0 saturated heterocycles. The van der Waals surface area contributed by atoms with Crippen molar-refractivity contribution >= 4 is 29.8 Å². The van der Waals surface area contributed by atoms with Gasteiger partial charge in [0.2, 0.25) is 0 Å². The number of nitrogens with one attached hydrogen (secondary N) is 1. The molecular formula is C20H20ClNO5. The third-order valence-corrected chi connectivity index (χ3v) is 4.85. The van der Waals surface area contributed by atoms with Gasteiger partial charge in [-0.15, -0.1) is 0 Å². The van der Waals surface area contributed by atoms with Gasteiger partial charge in [0.1, 0.15) is 5.76 Å². The van der Waals surface area contributed by atoms with Crippen molar-refractivity contribution in [3.63, 3.8) is 0 Å². The normalized spacial score (nSPS) is 14.6. The van der Waals surface area contributed by atoms with E-state index in [0.29, 0.717) is 17.6 Å². The molecule has 27 heavy (non-hydrogen) atoms. The summed E-state index contributed by atoms with van der Waals surface area (Å²) in [5.74, 6) is -0.395. The molecule has 142 valence electrons. The summed E-state index contributed by atoms with van der Waals surface area (Å²) in [4.78, 5) is 35.1. The highest BCUT2D eigenvalue weighted by atomic mass is 35.5. The molecule has 1 aliphatic rings. The maximum Gasteiger partial charge on any atom is 0.340 e. The van der Waals surface area contributed by atoms with Crippen molar-refractivity contribution in [2.75, 3.05) is 6.61 Å². The van der Waals surface area contributed by atoms with Gasteiger partial charge in [-0.2, -0.15) is 0 Å². The molecule has 0 bridgehead atoms. The number of furan rings is 1. The summed E-state index contributed by atoms with van der Waals surface area (Å²) in [5.41, 5.74) is 0.704. The molecule has 0 atom stereocenters. The molecule has 6 nitrogen and oxygen atoms in total. The highest BCUT2D eigenvalue weighted by Crippen LogP contribution is 2.27. The van der Waals surface area contributed by atoms with E-state index in [1.807, 2.05) is 0 Å². The van der Waals surface area contributed by atoms with Gasteiger partial charge in [-0.05, 0) is 43.2 Å². The molecule has 3 rings (SSSR count). The highest BCUT2D eigenvalue weighted by molar-refractivity contribution is 6.33. The summed E-state index contributed by atoms with van der Waals surface area (Å²) >= 11 is 6.09. The van der Waals surface area contributed by atoms with Crippen LogP contribution in [0.3, 0.4) is 0 Å². The number of carbonyl (C=O) groups excluding carboxylic acids is 3. The second-order valence-corrected chi connectivity index (χ2v) is 6.90.